The van der Waals surface area contributed by atoms with Gasteiger partial charge in [0.1, 0.15) is 23.7 Å². The lowest BCUT2D eigenvalue weighted by molar-refractivity contribution is 0.238. The van der Waals surface area contributed by atoms with Gasteiger partial charge < -0.3 is 18.6 Å². The highest BCUT2D eigenvalue weighted by molar-refractivity contribution is 6.03. The van der Waals surface area contributed by atoms with E-state index in [1.165, 1.54) is 25.9 Å². The number of ether oxygens (including phenoxy) is 3. The Balaban J connectivity index is 1.50. The summed E-state index contributed by atoms with van der Waals surface area (Å²) in [5.41, 5.74) is 3.87. The van der Waals surface area contributed by atoms with Gasteiger partial charge in [-0.05, 0) is 49.7 Å². The smallest absolute Gasteiger partial charge is 0.164 e. The molecule has 4 aromatic rings. The Bertz CT molecular complexity index is 1210. The van der Waals surface area contributed by atoms with E-state index >= 15 is 0 Å². The summed E-state index contributed by atoms with van der Waals surface area (Å²) in [6, 6.07) is 22.3. The maximum atomic E-state index is 6.36. The maximum Gasteiger partial charge on any atom is 0.164 e. The van der Waals surface area contributed by atoms with Crippen LogP contribution in [0.1, 0.15) is 12.8 Å². The number of hydrogen-bond donors (Lipinski definition) is 0. The lowest BCUT2D eigenvalue weighted by Crippen LogP contribution is -2.25. The fourth-order valence-electron chi connectivity index (χ4n) is 4.52. The summed E-state index contributed by atoms with van der Waals surface area (Å²) in [4.78, 5) is 2.46. The van der Waals surface area contributed by atoms with Gasteiger partial charge in [0.2, 0.25) is 0 Å². The zero-order chi connectivity index (χ0) is 22.6. The van der Waals surface area contributed by atoms with E-state index in [1.54, 1.807) is 14.2 Å². The van der Waals surface area contributed by atoms with Crippen LogP contribution in [0, 0.1) is 0 Å². The van der Waals surface area contributed by atoms with Crippen LogP contribution in [0.3, 0.4) is 0 Å². The third kappa shape index (κ3) is 4.41. The zero-order valence-corrected chi connectivity index (χ0v) is 19.2. The second-order valence-corrected chi connectivity index (χ2v) is 8.30. The van der Waals surface area contributed by atoms with Crippen LogP contribution >= 0.6 is 0 Å². The minimum absolute atomic E-state index is 0.645. The average Bonchev–Trinajstić information content (AvgIpc) is 3.52. The van der Waals surface area contributed by atoms with Crippen LogP contribution in [-0.2, 0) is 0 Å². The molecule has 1 aliphatic rings. The summed E-state index contributed by atoms with van der Waals surface area (Å²) in [6.45, 7) is 4.06. The van der Waals surface area contributed by atoms with E-state index < -0.39 is 0 Å². The highest BCUT2D eigenvalue weighted by Gasteiger charge is 2.20. The normalized spacial score (nSPS) is 14.0. The van der Waals surface area contributed by atoms with Crippen molar-refractivity contribution in [1.82, 2.24) is 4.90 Å². The monoisotopic (exact) mass is 443 g/mol. The predicted octanol–water partition coefficient (Wildman–Crippen LogP) is 6.26. The van der Waals surface area contributed by atoms with Crippen molar-refractivity contribution in [2.75, 3.05) is 40.5 Å². The summed E-state index contributed by atoms with van der Waals surface area (Å²) >= 11 is 0. The molecule has 5 rings (SSSR count). The Kier molecular flexibility index (Phi) is 6.22. The summed E-state index contributed by atoms with van der Waals surface area (Å²) in [7, 11) is 3.28. The van der Waals surface area contributed by atoms with E-state index in [4.69, 9.17) is 18.6 Å². The number of hydrogen-bond acceptors (Lipinski definition) is 5. The lowest BCUT2D eigenvalue weighted by Gasteiger charge is -2.15. The average molecular weight is 444 g/mol. The van der Waals surface area contributed by atoms with Gasteiger partial charge in [-0.2, -0.15) is 0 Å². The van der Waals surface area contributed by atoms with Crippen LogP contribution in [0.5, 0.6) is 17.2 Å². The van der Waals surface area contributed by atoms with Crippen molar-refractivity contribution < 1.29 is 18.6 Å². The predicted molar refractivity (Wildman–Crippen MR) is 131 cm³/mol. The first-order chi connectivity index (χ1) is 16.3. The summed E-state index contributed by atoms with van der Waals surface area (Å²) in [6.07, 6.45) is 2.60. The molecule has 0 aliphatic carbocycles. The van der Waals surface area contributed by atoms with Crippen molar-refractivity contribution >= 4 is 11.0 Å². The molecular formula is C28H29NO4. The van der Waals surface area contributed by atoms with Gasteiger partial charge in [-0.15, -0.1) is 0 Å². The molecule has 2 heterocycles. The first kappa shape index (κ1) is 21.4. The van der Waals surface area contributed by atoms with Crippen molar-refractivity contribution in [2.45, 2.75) is 12.8 Å². The van der Waals surface area contributed by atoms with Crippen LogP contribution in [0.15, 0.2) is 71.1 Å². The molecule has 33 heavy (non-hydrogen) atoms. The minimum atomic E-state index is 0.645. The number of methoxy groups -OCH3 is 2. The first-order valence-corrected chi connectivity index (χ1v) is 11.5. The van der Waals surface area contributed by atoms with Crippen molar-refractivity contribution in [2.24, 2.45) is 0 Å². The van der Waals surface area contributed by atoms with Crippen molar-refractivity contribution in [3.8, 4) is 39.7 Å². The number of rotatable bonds is 8. The molecule has 1 aliphatic heterocycles. The number of fused-ring (bicyclic) bond motifs is 1. The number of furan rings is 1. The number of nitrogens with zero attached hydrogens (tertiary/aromatic N) is 1. The Morgan fingerprint density at radius 1 is 0.818 bits per heavy atom. The molecule has 0 atom stereocenters. The molecule has 0 spiro atoms. The van der Waals surface area contributed by atoms with Crippen LogP contribution in [0.4, 0.5) is 0 Å². The Morgan fingerprint density at radius 2 is 1.52 bits per heavy atom. The Morgan fingerprint density at radius 3 is 2.21 bits per heavy atom. The van der Waals surface area contributed by atoms with E-state index in [-0.39, 0.29) is 0 Å². The van der Waals surface area contributed by atoms with E-state index in [0.29, 0.717) is 18.1 Å². The number of benzene rings is 3. The highest BCUT2D eigenvalue weighted by Crippen LogP contribution is 2.44. The molecular weight excluding hydrogens is 414 g/mol. The third-order valence-corrected chi connectivity index (χ3v) is 6.25. The number of likely N-dealkylation sites (tertiary alicyclic amines) is 1. The van der Waals surface area contributed by atoms with E-state index in [0.717, 1.165) is 45.7 Å². The van der Waals surface area contributed by atoms with Gasteiger partial charge in [0.25, 0.3) is 0 Å². The molecule has 0 N–H and O–H groups in total. The van der Waals surface area contributed by atoms with Gasteiger partial charge in [0.15, 0.2) is 11.5 Å². The molecule has 0 amide bonds. The molecule has 1 saturated heterocycles. The van der Waals surface area contributed by atoms with E-state index in [1.807, 2.05) is 42.5 Å². The fraction of sp³-hybridized carbons (Fsp3) is 0.286. The Hall–Kier alpha value is -3.44. The molecule has 0 saturated carbocycles. The van der Waals surface area contributed by atoms with Crippen LogP contribution in [0.2, 0.25) is 0 Å². The molecule has 5 heteroatoms. The Labute approximate surface area is 194 Å². The van der Waals surface area contributed by atoms with Gasteiger partial charge >= 0.3 is 0 Å². The second-order valence-electron chi connectivity index (χ2n) is 8.30. The molecule has 3 aromatic carbocycles. The minimum Gasteiger partial charge on any atom is -0.493 e. The van der Waals surface area contributed by atoms with Crippen molar-refractivity contribution in [3.63, 3.8) is 0 Å². The quantitative estimate of drug-likeness (QED) is 0.322. The van der Waals surface area contributed by atoms with E-state index in [9.17, 15) is 0 Å². The topological polar surface area (TPSA) is 44.1 Å². The first-order valence-electron chi connectivity index (χ1n) is 11.5. The molecule has 1 aromatic heterocycles. The van der Waals surface area contributed by atoms with Crippen molar-refractivity contribution in [3.05, 3.63) is 66.7 Å². The maximum absolute atomic E-state index is 6.36. The molecule has 5 nitrogen and oxygen atoms in total. The van der Waals surface area contributed by atoms with Crippen LogP contribution in [-0.4, -0.2) is 45.4 Å². The zero-order valence-electron chi connectivity index (χ0n) is 19.2. The summed E-state index contributed by atoms with van der Waals surface area (Å²) in [5.74, 6) is 3.02. The molecule has 170 valence electrons. The van der Waals surface area contributed by atoms with Crippen LogP contribution in [0.25, 0.3) is 33.4 Å². The third-order valence-electron chi connectivity index (χ3n) is 6.25. The van der Waals surface area contributed by atoms with Gasteiger partial charge in [0.05, 0.1) is 14.2 Å². The SMILES string of the molecule is COc1cc2oc(-c3ccccc3)c(-c3ccc(OCCN4CCCC4)cc3)c2cc1OC. The van der Waals surface area contributed by atoms with Gasteiger partial charge in [-0.3, -0.25) is 4.90 Å². The van der Waals surface area contributed by atoms with E-state index in [2.05, 4.69) is 29.2 Å². The standard InChI is InChI=1S/C28H29NO4/c1-30-25-18-23-24(19-26(25)31-2)33-28(21-8-4-3-5-9-21)27(23)20-10-12-22(13-11-20)32-17-16-29-14-6-7-15-29/h3-5,8-13,18-19H,6-7,14-17H2,1-2H3. The van der Waals surface area contributed by atoms with Gasteiger partial charge in [0, 0.05) is 29.1 Å². The van der Waals surface area contributed by atoms with Gasteiger partial charge in [-0.1, -0.05) is 42.5 Å². The lowest BCUT2D eigenvalue weighted by atomic mass is 9.98. The largest absolute Gasteiger partial charge is 0.493 e. The highest BCUT2D eigenvalue weighted by atomic mass is 16.5. The summed E-state index contributed by atoms with van der Waals surface area (Å²) < 4.78 is 23.4. The molecule has 1 fully saturated rings. The van der Waals surface area contributed by atoms with Gasteiger partial charge in [-0.25, -0.2) is 0 Å². The summed E-state index contributed by atoms with van der Waals surface area (Å²) in [5, 5.41) is 0.981. The molecule has 0 bridgehead atoms. The molecule has 0 unspecified atom stereocenters. The second kappa shape index (κ2) is 9.59. The molecule has 0 radical (unpaired) electrons. The van der Waals surface area contributed by atoms with Crippen molar-refractivity contribution in [1.29, 1.82) is 0 Å². The fourth-order valence-corrected chi connectivity index (χ4v) is 4.52. The van der Waals surface area contributed by atoms with Crippen LogP contribution < -0.4 is 14.2 Å².